The number of carbonyl (C=O) groups excluding carboxylic acids is 2. The molecule has 0 amide bonds. The number of aliphatic imine (C=N–C) groups is 1. The van der Waals surface area contributed by atoms with Crippen molar-refractivity contribution in [3.05, 3.63) is 113 Å². The first-order valence-electron chi connectivity index (χ1n) is 14.4. The van der Waals surface area contributed by atoms with Gasteiger partial charge < -0.3 is 15.0 Å². The Hall–Kier alpha value is -4.33. The molecule has 1 fully saturated rings. The van der Waals surface area contributed by atoms with Crippen molar-refractivity contribution in [1.29, 1.82) is 0 Å². The average molecular weight is 545 g/mol. The summed E-state index contributed by atoms with van der Waals surface area (Å²) >= 11 is 0. The highest BCUT2D eigenvalue weighted by molar-refractivity contribution is 6.32. The van der Waals surface area contributed by atoms with Gasteiger partial charge >= 0.3 is 0 Å². The van der Waals surface area contributed by atoms with Crippen LogP contribution in [0.25, 0.3) is 0 Å². The molecule has 0 saturated carbocycles. The zero-order valence-corrected chi connectivity index (χ0v) is 22.9. The molecule has 206 valence electrons. The van der Waals surface area contributed by atoms with Crippen molar-refractivity contribution < 1.29 is 14.3 Å². The second kappa shape index (κ2) is 10.9. The third kappa shape index (κ3) is 4.92. The van der Waals surface area contributed by atoms with Crippen LogP contribution in [0.5, 0.6) is 5.75 Å². The summed E-state index contributed by atoms with van der Waals surface area (Å²) in [7, 11) is 0. The lowest BCUT2D eigenvalue weighted by atomic mass is 9.81. The first-order chi connectivity index (χ1) is 20.2. The van der Waals surface area contributed by atoms with Crippen LogP contribution in [0.1, 0.15) is 43.8 Å². The minimum absolute atomic E-state index is 0.156. The molecule has 0 spiro atoms. The largest absolute Gasteiger partial charge is 0.478 e. The van der Waals surface area contributed by atoms with Gasteiger partial charge in [0.1, 0.15) is 11.4 Å². The van der Waals surface area contributed by atoms with Gasteiger partial charge in [-0.25, -0.2) is 4.99 Å². The Bertz CT molecular complexity index is 1600. The highest BCUT2D eigenvalue weighted by Crippen LogP contribution is 2.46. The number of rotatable bonds is 7. The molecule has 2 aliphatic carbocycles. The molecule has 1 unspecified atom stereocenters. The molecule has 7 nitrogen and oxygen atoms in total. The number of hydrogen-bond acceptors (Lipinski definition) is 7. The Balaban J connectivity index is 1.07. The van der Waals surface area contributed by atoms with Gasteiger partial charge in [-0.1, -0.05) is 66.7 Å². The first-order valence-corrected chi connectivity index (χ1v) is 14.4. The van der Waals surface area contributed by atoms with E-state index in [4.69, 9.17) is 9.73 Å². The van der Waals surface area contributed by atoms with Crippen molar-refractivity contribution >= 4 is 28.7 Å². The molecular formula is C34H32N4O3. The molecule has 4 aliphatic rings. The quantitative estimate of drug-likeness (QED) is 0.329. The van der Waals surface area contributed by atoms with Gasteiger partial charge in [-0.05, 0) is 30.7 Å². The van der Waals surface area contributed by atoms with Crippen molar-refractivity contribution in [3.8, 4) is 5.75 Å². The summed E-state index contributed by atoms with van der Waals surface area (Å²) in [5.41, 5.74) is 4.73. The van der Waals surface area contributed by atoms with Gasteiger partial charge in [0.05, 0.1) is 16.8 Å². The summed E-state index contributed by atoms with van der Waals surface area (Å²) in [6.45, 7) is 6.85. The number of fused-ring (bicyclic) bond motifs is 5. The van der Waals surface area contributed by atoms with Crippen molar-refractivity contribution in [2.24, 2.45) is 4.99 Å². The molecule has 3 aromatic rings. The summed E-state index contributed by atoms with van der Waals surface area (Å²) in [6.07, 6.45) is 8.27. The van der Waals surface area contributed by atoms with Crippen LogP contribution in [-0.2, 0) is 6.54 Å². The van der Waals surface area contributed by atoms with E-state index in [1.54, 1.807) is 24.3 Å². The van der Waals surface area contributed by atoms with Gasteiger partial charge in [0.2, 0.25) is 0 Å². The van der Waals surface area contributed by atoms with E-state index in [2.05, 4.69) is 45.4 Å². The third-order valence-corrected chi connectivity index (χ3v) is 8.27. The highest BCUT2D eigenvalue weighted by Gasteiger charge is 2.37. The predicted octanol–water partition coefficient (Wildman–Crippen LogP) is 5.04. The lowest BCUT2D eigenvalue weighted by Crippen LogP contribution is -2.46. The molecule has 0 bridgehead atoms. The fraction of sp³-hybridized carbons (Fsp3) is 0.265. The minimum atomic E-state index is -0.305. The Morgan fingerprint density at radius 3 is 2.34 bits per heavy atom. The predicted molar refractivity (Wildman–Crippen MR) is 161 cm³/mol. The number of carbonyl (C=O) groups is 2. The molecule has 0 aromatic heterocycles. The Kier molecular flexibility index (Phi) is 6.82. The molecule has 1 N–H and O–H groups in total. The molecule has 0 radical (unpaired) electrons. The maximum Gasteiger partial charge on any atom is 0.196 e. The first kappa shape index (κ1) is 25.6. The van der Waals surface area contributed by atoms with Crippen molar-refractivity contribution in [1.82, 2.24) is 9.80 Å². The topological polar surface area (TPSA) is 74.2 Å². The van der Waals surface area contributed by atoms with E-state index < -0.39 is 0 Å². The van der Waals surface area contributed by atoms with Crippen LogP contribution in [0, 0.1) is 0 Å². The van der Waals surface area contributed by atoms with Gasteiger partial charge in [-0.3, -0.25) is 14.5 Å². The molecule has 7 heteroatoms. The van der Waals surface area contributed by atoms with Crippen LogP contribution >= 0.6 is 0 Å². The maximum atomic E-state index is 13.8. The van der Waals surface area contributed by atoms with Crippen LogP contribution in [0.2, 0.25) is 0 Å². The lowest BCUT2D eigenvalue weighted by molar-refractivity contribution is 0.0979. The molecule has 3 aromatic carbocycles. The van der Waals surface area contributed by atoms with Crippen molar-refractivity contribution in [3.63, 3.8) is 0 Å². The Morgan fingerprint density at radius 2 is 1.56 bits per heavy atom. The van der Waals surface area contributed by atoms with E-state index in [1.165, 1.54) is 5.56 Å². The lowest BCUT2D eigenvalue weighted by Gasteiger charge is -2.34. The number of nitrogens with zero attached hydrogens (tertiary/aromatic N) is 3. The number of anilines is 1. The van der Waals surface area contributed by atoms with Gasteiger partial charge in [0.25, 0.3) is 0 Å². The molecule has 1 atom stereocenters. The van der Waals surface area contributed by atoms with Crippen LogP contribution < -0.4 is 10.1 Å². The van der Waals surface area contributed by atoms with Gasteiger partial charge in [0.15, 0.2) is 17.7 Å². The third-order valence-electron chi connectivity index (χ3n) is 8.27. The number of benzene rings is 3. The number of hydrogen-bond donors (Lipinski definition) is 1. The maximum absolute atomic E-state index is 13.8. The zero-order valence-electron chi connectivity index (χ0n) is 22.9. The van der Waals surface area contributed by atoms with E-state index >= 15 is 0 Å². The number of piperazine rings is 1. The Labute approximate surface area is 239 Å². The van der Waals surface area contributed by atoms with Crippen LogP contribution in [-0.4, -0.2) is 72.5 Å². The van der Waals surface area contributed by atoms with E-state index in [1.807, 2.05) is 30.4 Å². The summed E-state index contributed by atoms with van der Waals surface area (Å²) in [6, 6.07) is 19.5. The fourth-order valence-electron chi connectivity index (χ4n) is 6.11. The summed E-state index contributed by atoms with van der Waals surface area (Å²) in [4.78, 5) is 37.4. The van der Waals surface area contributed by atoms with Crippen LogP contribution in [0.15, 0.2) is 90.0 Å². The zero-order chi connectivity index (χ0) is 27.8. The van der Waals surface area contributed by atoms with Gasteiger partial charge in [-0.2, -0.15) is 0 Å². The molecule has 2 aliphatic heterocycles. The molecule has 7 rings (SSSR count). The standard InChI is InChI=1S/C34H32N4O3/c39-33-24-11-4-5-12-25(24)34(40)31-30(33)27(21-29-32(31)36-26-13-6-7-14-28(26)41-29)35-15-8-16-37-17-19-38(20-18-37)22-23-9-2-1-3-10-23/h1-7,9-14,21,28,35H,8,15-20,22H2. The van der Waals surface area contributed by atoms with Crippen molar-refractivity contribution in [2.75, 3.05) is 44.6 Å². The second-order valence-corrected chi connectivity index (χ2v) is 10.9. The average Bonchev–Trinajstić information content (AvgIpc) is 3.01. The minimum Gasteiger partial charge on any atom is -0.478 e. The number of ketones is 2. The van der Waals surface area contributed by atoms with Crippen molar-refractivity contribution in [2.45, 2.75) is 19.1 Å². The summed E-state index contributed by atoms with van der Waals surface area (Å²) in [5, 5.41) is 3.49. The molecule has 41 heavy (non-hydrogen) atoms. The van der Waals surface area contributed by atoms with E-state index in [9.17, 15) is 9.59 Å². The molecule has 2 heterocycles. The monoisotopic (exact) mass is 544 g/mol. The van der Waals surface area contributed by atoms with E-state index in [0.717, 1.165) is 51.4 Å². The van der Waals surface area contributed by atoms with Crippen LogP contribution in [0.3, 0.4) is 0 Å². The van der Waals surface area contributed by atoms with E-state index in [0.29, 0.717) is 45.9 Å². The number of ether oxygens (including phenoxy) is 1. The summed E-state index contributed by atoms with van der Waals surface area (Å²) in [5.74, 6) is 0.177. The number of allylic oxidation sites excluding steroid dienone is 2. The van der Waals surface area contributed by atoms with Crippen LogP contribution in [0.4, 0.5) is 11.4 Å². The highest BCUT2D eigenvalue weighted by atomic mass is 16.5. The summed E-state index contributed by atoms with van der Waals surface area (Å²) < 4.78 is 6.28. The second-order valence-electron chi connectivity index (χ2n) is 10.9. The number of nitrogens with one attached hydrogen (secondary N) is 1. The fourth-order valence-corrected chi connectivity index (χ4v) is 6.11. The van der Waals surface area contributed by atoms with Gasteiger partial charge in [0, 0.05) is 62.1 Å². The molecular weight excluding hydrogens is 512 g/mol. The smallest absolute Gasteiger partial charge is 0.196 e. The normalized spacial score (nSPS) is 19.5. The Morgan fingerprint density at radius 1 is 0.854 bits per heavy atom. The van der Waals surface area contributed by atoms with Gasteiger partial charge in [-0.15, -0.1) is 0 Å². The SMILES string of the molecule is O=C1c2ccccc2C(=O)c2c3c(cc(NCCCN4CCN(Cc5ccccc5)CC4)c21)OC1C=CC=CC1=N3. The molecule has 1 saturated heterocycles. The van der Waals surface area contributed by atoms with E-state index in [-0.39, 0.29) is 17.7 Å².